The molecule has 128 valence electrons. The maximum atomic E-state index is 12.0. The number of benzene rings is 1. The molecular formula is C19H25N3OS. The summed E-state index contributed by atoms with van der Waals surface area (Å²) in [5.74, 6) is 0.0563. The summed E-state index contributed by atoms with van der Waals surface area (Å²) in [5.41, 5.74) is 2.14. The van der Waals surface area contributed by atoms with Crippen LogP contribution in [0.5, 0.6) is 0 Å². The first-order valence-corrected chi connectivity index (χ1v) is 9.64. The first-order chi connectivity index (χ1) is 11.8. The number of thiazole rings is 1. The Morgan fingerprint density at radius 1 is 1.17 bits per heavy atom. The van der Waals surface area contributed by atoms with Crippen LogP contribution in [0.2, 0.25) is 0 Å². The Kier molecular flexibility index (Phi) is 6.38. The summed E-state index contributed by atoms with van der Waals surface area (Å²) in [6, 6.07) is 10.2. The highest BCUT2D eigenvalue weighted by Gasteiger charge is 2.13. The van der Waals surface area contributed by atoms with Crippen molar-refractivity contribution in [2.24, 2.45) is 0 Å². The van der Waals surface area contributed by atoms with E-state index in [1.54, 1.807) is 11.3 Å². The minimum atomic E-state index is 0.0563. The van der Waals surface area contributed by atoms with E-state index in [0.29, 0.717) is 13.0 Å². The molecule has 1 saturated heterocycles. The van der Waals surface area contributed by atoms with Gasteiger partial charge in [0.05, 0.1) is 18.7 Å². The largest absolute Gasteiger partial charge is 0.355 e. The van der Waals surface area contributed by atoms with E-state index < -0.39 is 0 Å². The van der Waals surface area contributed by atoms with E-state index in [1.165, 1.54) is 37.9 Å². The van der Waals surface area contributed by atoms with Crippen LogP contribution >= 0.6 is 11.3 Å². The Hall–Kier alpha value is -1.72. The molecule has 24 heavy (non-hydrogen) atoms. The lowest BCUT2D eigenvalue weighted by Gasteiger charge is -2.25. The number of hydrogen-bond donors (Lipinski definition) is 1. The topological polar surface area (TPSA) is 45.2 Å². The minimum Gasteiger partial charge on any atom is -0.355 e. The molecule has 0 radical (unpaired) electrons. The van der Waals surface area contributed by atoms with Crippen LogP contribution in [0, 0.1) is 0 Å². The number of piperidine rings is 1. The van der Waals surface area contributed by atoms with E-state index in [0.717, 1.165) is 23.7 Å². The number of hydrogen-bond acceptors (Lipinski definition) is 4. The Bertz CT molecular complexity index is 635. The fourth-order valence-corrected chi connectivity index (χ4v) is 3.86. The van der Waals surface area contributed by atoms with Gasteiger partial charge < -0.3 is 5.32 Å². The fourth-order valence-electron chi connectivity index (χ4n) is 3.03. The number of amides is 1. The van der Waals surface area contributed by atoms with Crippen molar-refractivity contribution >= 4 is 17.2 Å². The fraction of sp³-hybridized carbons (Fsp3) is 0.474. The van der Waals surface area contributed by atoms with E-state index in [-0.39, 0.29) is 5.91 Å². The molecule has 1 N–H and O–H groups in total. The zero-order valence-corrected chi connectivity index (χ0v) is 14.9. The van der Waals surface area contributed by atoms with Crippen LogP contribution < -0.4 is 5.32 Å². The third-order valence-electron chi connectivity index (χ3n) is 4.33. The molecule has 0 saturated carbocycles. The standard InChI is InChI=1S/C19H25N3OS/c23-18(20-10-9-16-7-3-1-4-8-16)13-17-15-24-19(21-17)14-22-11-5-2-6-12-22/h1,3-4,7-8,15H,2,5-6,9-14H2,(H,20,23). The molecule has 2 heterocycles. The molecule has 1 aromatic carbocycles. The zero-order valence-electron chi connectivity index (χ0n) is 14.0. The second kappa shape index (κ2) is 8.94. The van der Waals surface area contributed by atoms with Crippen LogP contribution in [0.25, 0.3) is 0 Å². The molecule has 5 heteroatoms. The van der Waals surface area contributed by atoms with Crippen molar-refractivity contribution in [3.63, 3.8) is 0 Å². The minimum absolute atomic E-state index is 0.0563. The lowest BCUT2D eigenvalue weighted by molar-refractivity contribution is -0.120. The van der Waals surface area contributed by atoms with Gasteiger partial charge in [-0.2, -0.15) is 0 Å². The molecule has 3 rings (SSSR count). The lowest BCUT2D eigenvalue weighted by Crippen LogP contribution is -2.29. The molecule has 0 bridgehead atoms. The number of aromatic nitrogens is 1. The molecule has 1 amide bonds. The Morgan fingerprint density at radius 2 is 1.96 bits per heavy atom. The molecule has 0 aliphatic carbocycles. The predicted octanol–water partition coefficient (Wildman–Crippen LogP) is 3.03. The number of nitrogens with one attached hydrogen (secondary N) is 1. The van der Waals surface area contributed by atoms with Gasteiger partial charge in [-0.15, -0.1) is 11.3 Å². The quantitative estimate of drug-likeness (QED) is 0.840. The van der Waals surface area contributed by atoms with Gasteiger partial charge in [0.15, 0.2) is 0 Å². The Balaban J connectivity index is 1.40. The van der Waals surface area contributed by atoms with Gasteiger partial charge in [-0.1, -0.05) is 36.8 Å². The van der Waals surface area contributed by atoms with Crippen molar-refractivity contribution in [2.45, 2.75) is 38.6 Å². The van der Waals surface area contributed by atoms with Gasteiger partial charge in [0, 0.05) is 11.9 Å². The maximum absolute atomic E-state index is 12.0. The molecule has 2 aromatic rings. The zero-order chi connectivity index (χ0) is 16.6. The lowest BCUT2D eigenvalue weighted by atomic mass is 10.1. The number of carbonyl (C=O) groups excluding carboxylic acids is 1. The van der Waals surface area contributed by atoms with Crippen LogP contribution in [-0.2, 0) is 24.2 Å². The van der Waals surface area contributed by atoms with Crippen molar-refractivity contribution in [3.05, 3.63) is 52.0 Å². The van der Waals surface area contributed by atoms with Crippen molar-refractivity contribution in [1.82, 2.24) is 15.2 Å². The first kappa shape index (κ1) is 17.1. The summed E-state index contributed by atoms with van der Waals surface area (Å²) in [6.45, 7) is 3.96. The van der Waals surface area contributed by atoms with Crippen LogP contribution in [0.4, 0.5) is 0 Å². The summed E-state index contributed by atoms with van der Waals surface area (Å²) in [7, 11) is 0. The summed E-state index contributed by atoms with van der Waals surface area (Å²) in [6.07, 6.45) is 5.18. The van der Waals surface area contributed by atoms with Gasteiger partial charge in [-0.3, -0.25) is 9.69 Å². The number of carbonyl (C=O) groups is 1. The van der Waals surface area contributed by atoms with E-state index in [2.05, 4.69) is 27.3 Å². The van der Waals surface area contributed by atoms with Crippen molar-refractivity contribution in [1.29, 1.82) is 0 Å². The highest BCUT2D eigenvalue weighted by atomic mass is 32.1. The monoisotopic (exact) mass is 343 g/mol. The molecule has 1 aliphatic heterocycles. The number of rotatable bonds is 7. The number of nitrogens with zero attached hydrogens (tertiary/aromatic N) is 2. The molecule has 0 atom stereocenters. The average molecular weight is 343 g/mol. The summed E-state index contributed by atoms with van der Waals surface area (Å²) >= 11 is 1.67. The summed E-state index contributed by atoms with van der Waals surface area (Å²) in [5, 5.41) is 6.14. The second-order valence-corrected chi connectivity index (χ2v) is 7.27. The van der Waals surface area contributed by atoms with Gasteiger partial charge in [0.1, 0.15) is 5.01 Å². The van der Waals surface area contributed by atoms with Crippen molar-refractivity contribution in [3.8, 4) is 0 Å². The van der Waals surface area contributed by atoms with Gasteiger partial charge >= 0.3 is 0 Å². The second-order valence-electron chi connectivity index (χ2n) is 6.33. The van der Waals surface area contributed by atoms with Crippen molar-refractivity contribution < 1.29 is 4.79 Å². The smallest absolute Gasteiger partial charge is 0.226 e. The molecule has 1 aliphatic rings. The Morgan fingerprint density at radius 3 is 2.75 bits per heavy atom. The first-order valence-electron chi connectivity index (χ1n) is 8.76. The normalized spacial score (nSPS) is 15.3. The van der Waals surface area contributed by atoms with Gasteiger partial charge in [-0.05, 0) is 37.9 Å². The van der Waals surface area contributed by atoms with Crippen LogP contribution in [0.3, 0.4) is 0 Å². The third-order valence-corrected chi connectivity index (χ3v) is 5.21. The molecule has 0 unspecified atom stereocenters. The van der Waals surface area contributed by atoms with Crippen molar-refractivity contribution in [2.75, 3.05) is 19.6 Å². The molecule has 4 nitrogen and oxygen atoms in total. The van der Waals surface area contributed by atoms with Crippen LogP contribution in [0.15, 0.2) is 35.7 Å². The SMILES string of the molecule is O=C(Cc1csc(CN2CCCCC2)n1)NCCc1ccccc1. The molecule has 0 spiro atoms. The molecule has 1 fully saturated rings. The van der Waals surface area contributed by atoms with E-state index >= 15 is 0 Å². The highest BCUT2D eigenvalue weighted by molar-refractivity contribution is 7.09. The van der Waals surface area contributed by atoms with Gasteiger partial charge in [0.25, 0.3) is 0 Å². The van der Waals surface area contributed by atoms with E-state index in [4.69, 9.17) is 0 Å². The predicted molar refractivity (Wildman–Crippen MR) is 98.1 cm³/mol. The number of likely N-dealkylation sites (tertiary alicyclic amines) is 1. The van der Waals surface area contributed by atoms with Crippen LogP contribution in [0.1, 0.15) is 35.5 Å². The summed E-state index contributed by atoms with van der Waals surface area (Å²) < 4.78 is 0. The molecule has 1 aromatic heterocycles. The molecular weight excluding hydrogens is 318 g/mol. The maximum Gasteiger partial charge on any atom is 0.226 e. The van der Waals surface area contributed by atoms with E-state index in [9.17, 15) is 4.79 Å². The summed E-state index contributed by atoms with van der Waals surface area (Å²) in [4.78, 5) is 19.1. The third kappa shape index (κ3) is 5.42. The van der Waals surface area contributed by atoms with Gasteiger partial charge in [0.2, 0.25) is 5.91 Å². The van der Waals surface area contributed by atoms with Gasteiger partial charge in [-0.25, -0.2) is 4.98 Å². The average Bonchev–Trinajstić information content (AvgIpc) is 3.03. The van der Waals surface area contributed by atoms with Crippen LogP contribution in [-0.4, -0.2) is 35.4 Å². The Labute approximate surface area is 147 Å². The highest BCUT2D eigenvalue weighted by Crippen LogP contribution is 2.16. The van der Waals surface area contributed by atoms with E-state index in [1.807, 2.05) is 23.6 Å².